The van der Waals surface area contributed by atoms with Gasteiger partial charge in [-0.15, -0.1) is 0 Å². The number of pyridine rings is 1. The van der Waals surface area contributed by atoms with Crippen LogP contribution >= 0.6 is 0 Å². The average Bonchev–Trinajstić information content (AvgIpc) is 2.08. The molecule has 0 amide bonds. The van der Waals surface area contributed by atoms with Crippen molar-refractivity contribution in [3.8, 4) is 5.88 Å². The van der Waals surface area contributed by atoms with Crippen molar-refractivity contribution in [2.75, 3.05) is 12.8 Å². The van der Waals surface area contributed by atoms with Gasteiger partial charge in [-0.1, -0.05) is 0 Å². The number of methoxy groups -OCH3 is 1. The van der Waals surface area contributed by atoms with Crippen molar-refractivity contribution < 1.29 is 17.9 Å². The van der Waals surface area contributed by atoms with Crippen LogP contribution < -0.4 is 10.5 Å². The normalized spacial score (nSPS) is 10.5. The lowest BCUT2D eigenvalue weighted by Crippen LogP contribution is -2.02. The maximum Gasteiger partial charge on any atom is 0.269 e. The molecule has 0 aliphatic carbocycles. The SMILES string of the molecule is COc1nc(N)c(F)cc1C(F)F. The van der Waals surface area contributed by atoms with E-state index in [4.69, 9.17) is 5.73 Å². The molecule has 0 aliphatic heterocycles. The Morgan fingerprint density at radius 1 is 1.54 bits per heavy atom. The molecule has 13 heavy (non-hydrogen) atoms. The first-order valence-electron chi connectivity index (χ1n) is 3.34. The molecular weight excluding hydrogens is 185 g/mol. The largest absolute Gasteiger partial charge is 0.481 e. The second kappa shape index (κ2) is 3.51. The van der Waals surface area contributed by atoms with E-state index in [2.05, 4.69) is 9.72 Å². The Kier molecular flexibility index (Phi) is 2.60. The molecule has 1 heterocycles. The van der Waals surface area contributed by atoms with Crippen molar-refractivity contribution >= 4 is 5.82 Å². The third-order valence-electron chi connectivity index (χ3n) is 1.42. The predicted octanol–water partition coefficient (Wildman–Crippen LogP) is 1.75. The molecule has 0 bridgehead atoms. The molecule has 1 aromatic rings. The van der Waals surface area contributed by atoms with E-state index in [9.17, 15) is 13.2 Å². The summed E-state index contributed by atoms with van der Waals surface area (Å²) in [6.45, 7) is 0. The van der Waals surface area contributed by atoms with Crippen molar-refractivity contribution in [3.63, 3.8) is 0 Å². The number of hydrogen-bond donors (Lipinski definition) is 1. The molecule has 0 saturated heterocycles. The first kappa shape index (κ1) is 9.63. The summed E-state index contributed by atoms with van der Waals surface area (Å²) >= 11 is 0. The van der Waals surface area contributed by atoms with E-state index in [0.717, 1.165) is 7.11 Å². The molecule has 0 atom stereocenters. The highest BCUT2D eigenvalue weighted by molar-refractivity contribution is 5.39. The number of halogens is 3. The van der Waals surface area contributed by atoms with E-state index in [1.165, 1.54) is 0 Å². The van der Waals surface area contributed by atoms with Gasteiger partial charge in [-0.25, -0.2) is 13.2 Å². The number of anilines is 1. The van der Waals surface area contributed by atoms with Crippen molar-refractivity contribution in [1.29, 1.82) is 0 Å². The van der Waals surface area contributed by atoms with Gasteiger partial charge in [0.15, 0.2) is 11.6 Å². The van der Waals surface area contributed by atoms with Gasteiger partial charge >= 0.3 is 0 Å². The smallest absolute Gasteiger partial charge is 0.269 e. The van der Waals surface area contributed by atoms with Crippen LogP contribution in [0.1, 0.15) is 12.0 Å². The summed E-state index contributed by atoms with van der Waals surface area (Å²) in [5, 5.41) is 0. The van der Waals surface area contributed by atoms with Crippen molar-refractivity contribution in [1.82, 2.24) is 4.98 Å². The van der Waals surface area contributed by atoms with Gasteiger partial charge in [0.05, 0.1) is 12.7 Å². The average molecular weight is 192 g/mol. The van der Waals surface area contributed by atoms with E-state index >= 15 is 0 Å². The molecule has 1 aromatic heterocycles. The Balaban J connectivity index is 3.25. The van der Waals surface area contributed by atoms with E-state index in [0.29, 0.717) is 6.07 Å². The van der Waals surface area contributed by atoms with Gasteiger partial charge in [-0.3, -0.25) is 0 Å². The zero-order valence-corrected chi connectivity index (χ0v) is 6.72. The maximum atomic E-state index is 12.7. The summed E-state index contributed by atoms with van der Waals surface area (Å²) in [5.41, 5.74) is 4.45. The third kappa shape index (κ3) is 1.82. The minimum Gasteiger partial charge on any atom is -0.481 e. The molecule has 0 aliphatic rings. The van der Waals surface area contributed by atoms with Gasteiger partial charge in [0, 0.05) is 0 Å². The summed E-state index contributed by atoms with van der Waals surface area (Å²) in [6.07, 6.45) is -2.84. The zero-order chi connectivity index (χ0) is 10.0. The molecule has 0 aromatic carbocycles. The highest BCUT2D eigenvalue weighted by atomic mass is 19.3. The first-order valence-corrected chi connectivity index (χ1v) is 3.34. The number of hydrogen-bond acceptors (Lipinski definition) is 3. The molecule has 0 unspecified atom stereocenters. The molecule has 6 heteroatoms. The van der Waals surface area contributed by atoms with Crippen LogP contribution in [0, 0.1) is 5.82 Å². The van der Waals surface area contributed by atoms with E-state index in [1.54, 1.807) is 0 Å². The van der Waals surface area contributed by atoms with Gasteiger partial charge in [0.25, 0.3) is 6.43 Å². The topological polar surface area (TPSA) is 48.1 Å². The van der Waals surface area contributed by atoms with Crippen molar-refractivity contribution in [2.45, 2.75) is 6.43 Å². The Morgan fingerprint density at radius 2 is 2.15 bits per heavy atom. The van der Waals surface area contributed by atoms with E-state index in [1.807, 2.05) is 0 Å². The van der Waals surface area contributed by atoms with Crippen LogP contribution in [0.5, 0.6) is 5.88 Å². The number of aromatic nitrogens is 1. The van der Waals surface area contributed by atoms with Crippen LogP contribution in [0.4, 0.5) is 19.0 Å². The summed E-state index contributed by atoms with van der Waals surface area (Å²) in [7, 11) is 1.16. The fourth-order valence-corrected chi connectivity index (χ4v) is 0.819. The van der Waals surface area contributed by atoms with Crippen LogP contribution in [-0.4, -0.2) is 12.1 Å². The lowest BCUT2D eigenvalue weighted by atomic mass is 10.2. The molecule has 3 nitrogen and oxygen atoms in total. The molecule has 1 rings (SSSR count). The summed E-state index contributed by atoms with van der Waals surface area (Å²) in [5.74, 6) is -1.79. The van der Waals surface area contributed by atoms with Gasteiger partial charge in [0.2, 0.25) is 5.88 Å². The molecule has 0 fully saturated rings. The maximum absolute atomic E-state index is 12.7. The minimum absolute atomic E-state index is 0.353. The van der Waals surface area contributed by atoms with Crippen LogP contribution in [0.3, 0.4) is 0 Å². The summed E-state index contributed by atoms with van der Waals surface area (Å²) < 4.78 is 41.6. The number of nitrogens with two attached hydrogens (primary N) is 1. The highest BCUT2D eigenvalue weighted by Gasteiger charge is 2.18. The fourth-order valence-electron chi connectivity index (χ4n) is 0.819. The fraction of sp³-hybridized carbons (Fsp3) is 0.286. The Hall–Kier alpha value is -1.46. The molecule has 0 radical (unpaired) electrons. The summed E-state index contributed by atoms with van der Waals surface area (Å²) in [6, 6.07) is 0.617. The number of rotatable bonds is 2. The molecule has 72 valence electrons. The molecule has 2 N–H and O–H groups in total. The van der Waals surface area contributed by atoms with E-state index in [-0.39, 0.29) is 5.88 Å². The predicted molar refractivity (Wildman–Crippen MR) is 40.1 cm³/mol. The van der Waals surface area contributed by atoms with Crippen LogP contribution in [0.15, 0.2) is 6.07 Å². The Morgan fingerprint density at radius 3 is 2.62 bits per heavy atom. The second-order valence-corrected chi connectivity index (χ2v) is 2.25. The van der Waals surface area contributed by atoms with Crippen LogP contribution in [0.2, 0.25) is 0 Å². The highest BCUT2D eigenvalue weighted by Crippen LogP contribution is 2.29. The molecular formula is C7H7F3N2O. The lowest BCUT2D eigenvalue weighted by molar-refractivity contribution is 0.145. The first-order chi connectivity index (χ1) is 6.06. The van der Waals surface area contributed by atoms with Gasteiger partial charge < -0.3 is 10.5 Å². The van der Waals surface area contributed by atoms with Crippen molar-refractivity contribution in [3.05, 3.63) is 17.4 Å². The lowest BCUT2D eigenvalue weighted by Gasteiger charge is -2.07. The standard InChI is InChI=1S/C7H7F3N2O/c1-13-7-3(5(9)10)2-4(8)6(11)12-7/h2,5H,1H3,(H2,11,12). The minimum atomic E-state index is -2.84. The quantitative estimate of drug-likeness (QED) is 0.776. The number of nitrogen functional groups attached to an aromatic ring is 1. The Labute approximate surface area is 72.3 Å². The van der Waals surface area contributed by atoms with Gasteiger partial charge in [-0.05, 0) is 6.07 Å². The van der Waals surface area contributed by atoms with E-state index < -0.39 is 23.6 Å². The number of ether oxygens (including phenoxy) is 1. The van der Waals surface area contributed by atoms with Crippen LogP contribution in [-0.2, 0) is 0 Å². The summed E-state index contributed by atoms with van der Waals surface area (Å²) in [4.78, 5) is 3.31. The zero-order valence-electron chi connectivity index (χ0n) is 6.72. The molecule has 0 saturated carbocycles. The van der Waals surface area contributed by atoms with Crippen LogP contribution in [0.25, 0.3) is 0 Å². The molecule has 0 spiro atoms. The third-order valence-corrected chi connectivity index (χ3v) is 1.42. The monoisotopic (exact) mass is 192 g/mol. The van der Waals surface area contributed by atoms with Crippen molar-refractivity contribution in [2.24, 2.45) is 0 Å². The van der Waals surface area contributed by atoms with Gasteiger partial charge in [0.1, 0.15) is 0 Å². The second-order valence-electron chi connectivity index (χ2n) is 2.25. The number of alkyl halides is 2. The van der Waals surface area contributed by atoms with Gasteiger partial charge in [-0.2, -0.15) is 4.98 Å². The number of nitrogens with zero attached hydrogens (tertiary/aromatic N) is 1. The Bertz CT molecular complexity index is 317.